The minimum atomic E-state index is -1.30. The van der Waals surface area contributed by atoms with Crippen LogP contribution < -0.4 is 9.84 Å². The van der Waals surface area contributed by atoms with Gasteiger partial charge in [0.2, 0.25) is 0 Å². The highest BCUT2D eigenvalue weighted by Crippen LogP contribution is 2.25. The number of carbonyl (C=O) groups is 1. The van der Waals surface area contributed by atoms with Crippen LogP contribution in [0.3, 0.4) is 0 Å². The highest BCUT2D eigenvalue weighted by atomic mass is 16.5. The summed E-state index contributed by atoms with van der Waals surface area (Å²) in [4.78, 5) is 10.3. The molecule has 0 radical (unpaired) electrons. The van der Waals surface area contributed by atoms with Gasteiger partial charge in [0.25, 0.3) is 0 Å². The molecule has 1 rings (SSSR count). The van der Waals surface area contributed by atoms with E-state index in [0.717, 1.165) is 11.0 Å². The van der Waals surface area contributed by atoms with Crippen LogP contribution >= 0.6 is 0 Å². The largest absolute Gasteiger partial charge is 0.545 e. The molecule has 0 aliphatic carbocycles. The van der Waals surface area contributed by atoms with Gasteiger partial charge in [0, 0.05) is 5.56 Å². The summed E-state index contributed by atoms with van der Waals surface area (Å²) in [7, 11) is 7.50. The van der Waals surface area contributed by atoms with Crippen molar-refractivity contribution in [2.75, 3.05) is 41.4 Å². The van der Waals surface area contributed by atoms with Crippen LogP contribution in [0.1, 0.15) is 10.4 Å². The molecule has 0 amide bonds. The van der Waals surface area contributed by atoms with Crippen molar-refractivity contribution in [3.05, 3.63) is 23.8 Å². The highest BCUT2D eigenvalue weighted by molar-refractivity contribution is 5.86. The predicted octanol–water partition coefficient (Wildman–Crippen LogP) is -0.551. The number of phenols is 1. The Morgan fingerprint density at radius 1 is 1.37 bits per heavy atom. The first-order valence-electron chi connectivity index (χ1n) is 5.71. The average Bonchev–Trinajstić information content (AvgIpc) is 2.28. The van der Waals surface area contributed by atoms with E-state index < -0.39 is 5.97 Å². The summed E-state index contributed by atoms with van der Waals surface area (Å²) in [6.45, 7) is 1.11. The Morgan fingerprint density at radius 2 is 1.95 bits per heavy atom. The molecule has 19 heavy (non-hydrogen) atoms. The fourth-order valence-electron chi connectivity index (χ4n) is 1.10. The monoisotopic (exact) mass is 271 g/mol. The molecule has 0 bridgehead atoms. The van der Waals surface area contributed by atoms with E-state index in [4.69, 9.17) is 14.9 Å². The maximum Gasteiger partial charge on any atom is 0.161 e. The SMILES string of the molecule is COc1cc(C(=O)[O-])ccc1O.C[N+](C)(C)CCO. The zero-order valence-electron chi connectivity index (χ0n) is 11.7. The number of quaternary nitrogens is 1. The zero-order chi connectivity index (χ0) is 15.1. The normalized spacial score (nSPS) is 10.4. The molecule has 0 aromatic heterocycles. The van der Waals surface area contributed by atoms with E-state index in [-0.39, 0.29) is 23.7 Å². The number of aliphatic hydroxyl groups is 1. The Bertz CT molecular complexity index is 412. The lowest BCUT2D eigenvalue weighted by atomic mass is 10.2. The second kappa shape index (κ2) is 7.60. The molecular weight excluding hydrogens is 250 g/mol. The minimum Gasteiger partial charge on any atom is -0.545 e. The molecule has 0 aliphatic heterocycles. The van der Waals surface area contributed by atoms with Crippen LogP contribution in [0, 0.1) is 0 Å². The number of carboxylic acid groups (broad SMARTS) is 1. The molecule has 0 spiro atoms. The standard InChI is InChI=1S/C8H8O4.C5H14NO/c1-12-7-4-5(8(10)11)2-3-6(7)9;1-6(2,3)4-5-7/h2-4,9H,1H3,(H,10,11);7H,4-5H2,1-3H3/q;+1/p-1. The summed E-state index contributed by atoms with van der Waals surface area (Å²) in [5.41, 5.74) is -0.0235. The molecule has 2 N–H and O–H groups in total. The Morgan fingerprint density at radius 3 is 2.26 bits per heavy atom. The number of likely N-dealkylation sites (N-methyl/N-ethyl adjacent to an activating group) is 1. The molecule has 6 nitrogen and oxygen atoms in total. The fourth-order valence-corrected chi connectivity index (χ4v) is 1.10. The van der Waals surface area contributed by atoms with Gasteiger partial charge >= 0.3 is 0 Å². The number of aromatic carboxylic acids is 1. The van der Waals surface area contributed by atoms with E-state index in [1.165, 1.54) is 25.3 Å². The second-order valence-corrected chi connectivity index (χ2v) is 4.91. The molecule has 0 atom stereocenters. The molecule has 0 saturated carbocycles. The van der Waals surface area contributed by atoms with Gasteiger partial charge in [0.1, 0.15) is 6.54 Å². The smallest absolute Gasteiger partial charge is 0.161 e. The molecule has 0 aliphatic rings. The van der Waals surface area contributed by atoms with Gasteiger partial charge in [-0.3, -0.25) is 0 Å². The van der Waals surface area contributed by atoms with Crippen LogP contribution in [0.25, 0.3) is 0 Å². The first-order chi connectivity index (χ1) is 8.71. The van der Waals surface area contributed by atoms with Crippen molar-refractivity contribution < 1.29 is 29.3 Å². The molecule has 0 unspecified atom stereocenters. The van der Waals surface area contributed by atoms with Crippen LogP contribution in [0.4, 0.5) is 0 Å². The highest BCUT2D eigenvalue weighted by Gasteiger charge is 2.02. The van der Waals surface area contributed by atoms with Crippen molar-refractivity contribution in [2.24, 2.45) is 0 Å². The Balaban J connectivity index is 0.000000399. The van der Waals surface area contributed by atoms with Gasteiger partial charge in [-0.2, -0.15) is 0 Å². The van der Waals surface area contributed by atoms with E-state index >= 15 is 0 Å². The van der Waals surface area contributed by atoms with Gasteiger partial charge in [-0.15, -0.1) is 0 Å². The van der Waals surface area contributed by atoms with Gasteiger partial charge in [0.05, 0.1) is 40.8 Å². The van der Waals surface area contributed by atoms with E-state index in [9.17, 15) is 9.90 Å². The number of carbonyl (C=O) groups excluding carboxylic acids is 1. The molecule has 1 aromatic carbocycles. The number of aromatic hydroxyl groups is 1. The van der Waals surface area contributed by atoms with Crippen LogP contribution in [0.2, 0.25) is 0 Å². The maximum atomic E-state index is 10.3. The number of hydrogen-bond donors (Lipinski definition) is 2. The third-order valence-electron chi connectivity index (χ3n) is 2.19. The number of nitrogens with zero attached hydrogens (tertiary/aromatic N) is 1. The number of phenolic OH excluding ortho intramolecular Hbond substituents is 1. The summed E-state index contributed by atoms with van der Waals surface area (Å²) < 4.78 is 5.54. The predicted molar refractivity (Wildman–Crippen MR) is 69.0 cm³/mol. The van der Waals surface area contributed by atoms with Gasteiger partial charge in [-0.25, -0.2) is 0 Å². The molecule has 0 heterocycles. The van der Waals surface area contributed by atoms with Crippen molar-refractivity contribution >= 4 is 5.97 Å². The molecular formula is C13H21NO5. The van der Waals surface area contributed by atoms with Gasteiger partial charge in [0.15, 0.2) is 11.5 Å². The third kappa shape index (κ3) is 7.28. The summed E-state index contributed by atoms with van der Waals surface area (Å²) in [6.07, 6.45) is 0. The lowest BCUT2D eigenvalue weighted by molar-refractivity contribution is -0.870. The molecule has 0 fully saturated rings. The molecule has 0 saturated heterocycles. The lowest BCUT2D eigenvalue weighted by Crippen LogP contribution is -2.36. The third-order valence-corrected chi connectivity index (χ3v) is 2.19. The van der Waals surface area contributed by atoms with E-state index in [1.807, 2.05) is 0 Å². The summed E-state index contributed by atoms with van der Waals surface area (Å²) >= 11 is 0. The number of rotatable bonds is 4. The van der Waals surface area contributed by atoms with E-state index in [2.05, 4.69) is 21.1 Å². The van der Waals surface area contributed by atoms with E-state index in [0.29, 0.717) is 0 Å². The molecule has 108 valence electrons. The summed E-state index contributed by atoms with van der Waals surface area (Å²) in [6, 6.07) is 3.68. The number of aliphatic hydroxyl groups excluding tert-OH is 1. The molecule has 6 heteroatoms. The van der Waals surface area contributed by atoms with Crippen LogP contribution in [0.5, 0.6) is 11.5 Å². The number of hydrogen-bond acceptors (Lipinski definition) is 5. The number of benzene rings is 1. The minimum absolute atomic E-state index is 0.0235. The van der Waals surface area contributed by atoms with Crippen LogP contribution in [-0.4, -0.2) is 62.1 Å². The number of ether oxygens (including phenoxy) is 1. The average molecular weight is 271 g/mol. The molecule has 1 aromatic rings. The lowest BCUT2D eigenvalue weighted by Gasteiger charge is -2.21. The zero-order valence-corrected chi connectivity index (χ0v) is 11.7. The Kier molecular flexibility index (Phi) is 6.89. The summed E-state index contributed by atoms with van der Waals surface area (Å²) in [5.74, 6) is -1.27. The van der Waals surface area contributed by atoms with Crippen LogP contribution in [0.15, 0.2) is 18.2 Å². The number of carboxylic acids is 1. The van der Waals surface area contributed by atoms with E-state index in [1.54, 1.807) is 0 Å². The van der Waals surface area contributed by atoms with Crippen molar-refractivity contribution in [1.82, 2.24) is 0 Å². The van der Waals surface area contributed by atoms with Gasteiger partial charge < -0.3 is 29.3 Å². The first kappa shape index (κ1) is 17.2. The number of methoxy groups -OCH3 is 1. The van der Waals surface area contributed by atoms with Crippen molar-refractivity contribution in [2.45, 2.75) is 0 Å². The Labute approximate surface area is 113 Å². The topological polar surface area (TPSA) is 89.8 Å². The van der Waals surface area contributed by atoms with Gasteiger partial charge in [-0.1, -0.05) is 0 Å². The maximum absolute atomic E-state index is 10.3. The summed E-state index contributed by atoms with van der Waals surface area (Å²) in [5, 5.41) is 27.8. The quantitative estimate of drug-likeness (QED) is 0.717. The van der Waals surface area contributed by atoms with Crippen molar-refractivity contribution in [3.8, 4) is 11.5 Å². The second-order valence-electron chi connectivity index (χ2n) is 4.91. The van der Waals surface area contributed by atoms with Crippen molar-refractivity contribution in [1.29, 1.82) is 0 Å². The fraction of sp³-hybridized carbons (Fsp3) is 0.462. The Hall–Kier alpha value is -1.79. The van der Waals surface area contributed by atoms with Crippen molar-refractivity contribution in [3.63, 3.8) is 0 Å². The van der Waals surface area contributed by atoms with Gasteiger partial charge in [-0.05, 0) is 18.2 Å². The first-order valence-corrected chi connectivity index (χ1v) is 5.71. The van der Waals surface area contributed by atoms with Crippen LogP contribution in [-0.2, 0) is 0 Å².